The Kier molecular flexibility index (Phi) is 4.06. The molecule has 2 atom stereocenters. The van der Waals surface area contributed by atoms with E-state index >= 15 is 0 Å². The Morgan fingerprint density at radius 1 is 1.41 bits per heavy atom. The number of furan rings is 1. The minimum absolute atomic E-state index is 0.277. The van der Waals surface area contributed by atoms with Crippen molar-refractivity contribution >= 4 is 0 Å². The summed E-state index contributed by atoms with van der Waals surface area (Å²) in [5, 5.41) is 9.30. The highest BCUT2D eigenvalue weighted by Gasteiger charge is 2.25. The lowest BCUT2D eigenvalue weighted by Gasteiger charge is -2.31. The number of hydrogen-bond acceptors (Lipinski definition) is 2. The van der Waals surface area contributed by atoms with Gasteiger partial charge in [-0.05, 0) is 42.7 Å². The zero-order valence-corrected chi connectivity index (χ0v) is 10.7. The van der Waals surface area contributed by atoms with Crippen molar-refractivity contribution in [3.63, 3.8) is 0 Å². The largest absolute Gasteiger partial charge is 0.472 e. The first-order valence-electron chi connectivity index (χ1n) is 6.53. The zero-order chi connectivity index (χ0) is 12.3. The number of allylic oxidation sites excluding steroid dienone is 1. The van der Waals surface area contributed by atoms with Crippen LogP contribution in [-0.4, -0.2) is 11.7 Å². The highest BCUT2D eigenvalue weighted by molar-refractivity contribution is 5.22. The summed E-state index contributed by atoms with van der Waals surface area (Å²) >= 11 is 0. The predicted octanol–water partition coefficient (Wildman–Crippen LogP) is 3.42. The molecule has 2 rings (SSSR count). The summed E-state index contributed by atoms with van der Waals surface area (Å²) in [4.78, 5) is 0. The van der Waals surface area contributed by atoms with Gasteiger partial charge in [-0.1, -0.05) is 25.5 Å². The fraction of sp³-hybridized carbons (Fsp3) is 0.600. The third-order valence-electron chi connectivity index (χ3n) is 3.80. The molecule has 0 spiro atoms. The lowest BCUT2D eigenvalue weighted by Crippen LogP contribution is -2.21. The van der Waals surface area contributed by atoms with Crippen molar-refractivity contribution in [2.24, 2.45) is 17.8 Å². The van der Waals surface area contributed by atoms with E-state index in [4.69, 9.17) is 4.42 Å². The van der Waals surface area contributed by atoms with Crippen LogP contribution in [0.1, 0.15) is 32.3 Å². The van der Waals surface area contributed by atoms with Gasteiger partial charge in [-0.2, -0.15) is 0 Å². The number of hydrogen-bond donors (Lipinski definition) is 1. The highest BCUT2D eigenvalue weighted by atomic mass is 16.3. The summed E-state index contributed by atoms with van der Waals surface area (Å²) in [6.45, 7) is 4.85. The smallest absolute Gasteiger partial charge is 0.0937 e. The lowest BCUT2D eigenvalue weighted by atomic mass is 9.75. The highest BCUT2D eigenvalue weighted by Crippen LogP contribution is 2.35. The van der Waals surface area contributed by atoms with Crippen LogP contribution in [0.4, 0.5) is 0 Å². The van der Waals surface area contributed by atoms with Gasteiger partial charge in [0.2, 0.25) is 0 Å². The monoisotopic (exact) mass is 234 g/mol. The molecule has 0 bridgehead atoms. The Balaban J connectivity index is 2.15. The molecule has 1 aliphatic rings. The molecule has 0 saturated heterocycles. The normalized spacial score (nSPS) is 25.1. The molecule has 2 heteroatoms. The number of aliphatic hydroxyl groups is 1. The second-order valence-corrected chi connectivity index (χ2v) is 5.42. The van der Waals surface area contributed by atoms with Gasteiger partial charge in [-0.25, -0.2) is 0 Å². The number of rotatable bonds is 4. The molecule has 1 aromatic rings. The molecule has 2 unspecified atom stereocenters. The molecule has 0 radical (unpaired) electrons. The topological polar surface area (TPSA) is 33.4 Å². The van der Waals surface area contributed by atoms with Gasteiger partial charge in [0.1, 0.15) is 0 Å². The molecule has 0 fully saturated rings. The molecule has 1 aliphatic carbocycles. The fourth-order valence-electron chi connectivity index (χ4n) is 2.81. The third-order valence-corrected chi connectivity index (χ3v) is 3.80. The summed E-state index contributed by atoms with van der Waals surface area (Å²) in [6, 6.07) is 2.03. The van der Waals surface area contributed by atoms with Crippen LogP contribution >= 0.6 is 0 Å². The van der Waals surface area contributed by atoms with Gasteiger partial charge in [-0.15, -0.1) is 0 Å². The van der Waals surface area contributed by atoms with Crippen molar-refractivity contribution in [2.45, 2.75) is 33.1 Å². The molecule has 1 heterocycles. The second-order valence-electron chi connectivity index (χ2n) is 5.42. The van der Waals surface area contributed by atoms with E-state index in [9.17, 15) is 5.11 Å². The Labute approximate surface area is 103 Å². The average molecular weight is 234 g/mol. The molecule has 0 amide bonds. The quantitative estimate of drug-likeness (QED) is 0.810. The minimum Gasteiger partial charge on any atom is -0.472 e. The lowest BCUT2D eigenvalue weighted by molar-refractivity contribution is 0.223. The van der Waals surface area contributed by atoms with Crippen molar-refractivity contribution in [3.8, 4) is 0 Å². The minimum atomic E-state index is 0.277. The molecular weight excluding hydrogens is 212 g/mol. The van der Waals surface area contributed by atoms with E-state index in [0.717, 1.165) is 12.8 Å². The molecule has 2 nitrogen and oxygen atoms in total. The van der Waals surface area contributed by atoms with Gasteiger partial charge in [0.15, 0.2) is 0 Å². The van der Waals surface area contributed by atoms with Crippen molar-refractivity contribution in [3.05, 3.63) is 35.8 Å². The maximum atomic E-state index is 9.30. The van der Waals surface area contributed by atoms with E-state index in [1.54, 1.807) is 6.26 Å². The Morgan fingerprint density at radius 3 is 2.82 bits per heavy atom. The molecule has 1 N–H and O–H groups in total. The van der Waals surface area contributed by atoms with Gasteiger partial charge in [-0.3, -0.25) is 0 Å². The Morgan fingerprint density at radius 2 is 2.24 bits per heavy atom. The Bertz CT molecular complexity index is 362. The van der Waals surface area contributed by atoms with E-state index in [1.807, 2.05) is 12.3 Å². The summed E-state index contributed by atoms with van der Waals surface area (Å²) in [6.07, 6.45) is 9.13. The first-order chi connectivity index (χ1) is 8.20. The average Bonchev–Trinajstić information content (AvgIpc) is 2.81. The number of aliphatic hydroxyl groups excluding tert-OH is 1. The SMILES string of the molecule is CC(C)C1CCC(CO)C=C1Cc1ccoc1. The van der Waals surface area contributed by atoms with Crippen LogP contribution in [0.15, 0.2) is 34.7 Å². The van der Waals surface area contributed by atoms with Crippen LogP contribution in [0.3, 0.4) is 0 Å². The van der Waals surface area contributed by atoms with E-state index in [0.29, 0.717) is 17.8 Å². The molecule has 0 aromatic carbocycles. The van der Waals surface area contributed by atoms with E-state index in [2.05, 4.69) is 19.9 Å². The van der Waals surface area contributed by atoms with E-state index in [1.165, 1.54) is 17.6 Å². The van der Waals surface area contributed by atoms with Crippen LogP contribution < -0.4 is 0 Å². The van der Waals surface area contributed by atoms with Gasteiger partial charge in [0.05, 0.1) is 12.5 Å². The van der Waals surface area contributed by atoms with Gasteiger partial charge in [0.25, 0.3) is 0 Å². The maximum Gasteiger partial charge on any atom is 0.0937 e. The summed E-state index contributed by atoms with van der Waals surface area (Å²) in [5.41, 5.74) is 2.71. The Hall–Kier alpha value is -1.02. The van der Waals surface area contributed by atoms with Crippen LogP contribution in [0.25, 0.3) is 0 Å². The van der Waals surface area contributed by atoms with Gasteiger partial charge >= 0.3 is 0 Å². The van der Waals surface area contributed by atoms with Gasteiger partial charge in [0, 0.05) is 12.5 Å². The third kappa shape index (κ3) is 3.01. The van der Waals surface area contributed by atoms with Crippen molar-refractivity contribution in [2.75, 3.05) is 6.61 Å². The molecule has 1 aromatic heterocycles. The van der Waals surface area contributed by atoms with Gasteiger partial charge < -0.3 is 9.52 Å². The van der Waals surface area contributed by atoms with Crippen molar-refractivity contribution in [1.82, 2.24) is 0 Å². The molecule has 0 aliphatic heterocycles. The maximum absolute atomic E-state index is 9.30. The summed E-state index contributed by atoms with van der Waals surface area (Å²) < 4.78 is 5.13. The summed E-state index contributed by atoms with van der Waals surface area (Å²) in [7, 11) is 0. The van der Waals surface area contributed by atoms with Crippen molar-refractivity contribution in [1.29, 1.82) is 0 Å². The second kappa shape index (κ2) is 5.54. The molecule has 0 saturated carbocycles. The van der Waals surface area contributed by atoms with E-state index in [-0.39, 0.29) is 6.61 Å². The first-order valence-corrected chi connectivity index (χ1v) is 6.53. The fourth-order valence-corrected chi connectivity index (χ4v) is 2.81. The molecular formula is C15H22O2. The molecule has 94 valence electrons. The molecule has 17 heavy (non-hydrogen) atoms. The van der Waals surface area contributed by atoms with Crippen LogP contribution in [0.5, 0.6) is 0 Å². The standard InChI is InChI=1S/C15H22O2/c1-11(2)15-4-3-12(9-16)7-14(15)8-13-5-6-17-10-13/h5-7,10-12,15-16H,3-4,8-9H2,1-2H3. The van der Waals surface area contributed by atoms with Crippen molar-refractivity contribution < 1.29 is 9.52 Å². The van der Waals surface area contributed by atoms with Crippen LogP contribution in [0, 0.1) is 17.8 Å². The first kappa shape index (κ1) is 12.4. The zero-order valence-electron chi connectivity index (χ0n) is 10.7. The predicted molar refractivity (Wildman–Crippen MR) is 68.6 cm³/mol. The summed E-state index contributed by atoms with van der Waals surface area (Å²) in [5.74, 6) is 1.69. The van der Waals surface area contributed by atoms with E-state index < -0.39 is 0 Å². The van der Waals surface area contributed by atoms with Crippen LogP contribution in [-0.2, 0) is 6.42 Å². The van der Waals surface area contributed by atoms with Crippen LogP contribution in [0.2, 0.25) is 0 Å².